The highest BCUT2D eigenvalue weighted by Crippen LogP contribution is 2.20. The molecule has 1 saturated heterocycles. The molecule has 0 spiro atoms. The van der Waals surface area contributed by atoms with Crippen molar-refractivity contribution in [3.63, 3.8) is 0 Å². The van der Waals surface area contributed by atoms with Crippen molar-refractivity contribution >= 4 is 35.1 Å². The van der Waals surface area contributed by atoms with Crippen LogP contribution in [0.15, 0.2) is 48.5 Å². The molecule has 0 saturated carbocycles. The van der Waals surface area contributed by atoms with Gasteiger partial charge in [0.05, 0.1) is 0 Å². The lowest BCUT2D eigenvalue weighted by Gasteiger charge is -2.26. The topological polar surface area (TPSA) is 73.5 Å². The van der Waals surface area contributed by atoms with Gasteiger partial charge in [0.25, 0.3) is 0 Å². The molecule has 6 nitrogen and oxygen atoms in total. The molecule has 29 heavy (non-hydrogen) atoms. The highest BCUT2D eigenvalue weighted by molar-refractivity contribution is 7.99. The van der Waals surface area contributed by atoms with Crippen molar-refractivity contribution in [1.82, 2.24) is 10.2 Å². The van der Waals surface area contributed by atoms with Crippen molar-refractivity contribution in [2.75, 3.05) is 41.8 Å². The Morgan fingerprint density at radius 1 is 1.03 bits per heavy atom. The van der Waals surface area contributed by atoms with Crippen LogP contribution in [0.1, 0.15) is 17.5 Å². The average Bonchev–Trinajstić information content (AvgIpc) is 2.72. The van der Waals surface area contributed by atoms with E-state index < -0.39 is 0 Å². The van der Waals surface area contributed by atoms with E-state index in [1.54, 1.807) is 0 Å². The predicted molar refractivity (Wildman–Crippen MR) is 120 cm³/mol. The summed E-state index contributed by atoms with van der Waals surface area (Å²) in [6.07, 6.45) is 0.217. The summed E-state index contributed by atoms with van der Waals surface area (Å²) >= 11 is 2.00. The maximum absolute atomic E-state index is 12.3. The second-order valence-corrected chi connectivity index (χ2v) is 8.31. The maximum Gasteiger partial charge on any atom is 0.319 e. The van der Waals surface area contributed by atoms with Gasteiger partial charge in [-0.25, -0.2) is 4.79 Å². The number of nitrogens with zero attached hydrogens (tertiary/aromatic N) is 1. The zero-order valence-corrected chi connectivity index (χ0v) is 17.6. The van der Waals surface area contributed by atoms with Gasteiger partial charge in [-0.1, -0.05) is 30.3 Å². The van der Waals surface area contributed by atoms with Crippen LogP contribution in [0.5, 0.6) is 0 Å². The van der Waals surface area contributed by atoms with Gasteiger partial charge in [-0.05, 0) is 36.2 Å². The van der Waals surface area contributed by atoms with Crippen LogP contribution in [-0.4, -0.2) is 48.0 Å². The van der Waals surface area contributed by atoms with E-state index in [-0.39, 0.29) is 24.9 Å². The number of hydrogen-bond acceptors (Lipinski definition) is 4. The number of carbonyl (C=O) groups is 2. The summed E-state index contributed by atoms with van der Waals surface area (Å²) in [5, 5.41) is 8.42. The third-order valence-corrected chi connectivity index (χ3v) is 5.70. The van der Waals surface area contributed by atoms with Gasteiger partial charge in [-0.3, -0.25) is 9.69 Å². The number of urea groups is 1. The van der Waals surface area contributed by atoms with E-state index in [1.165, 1.54) is 17.1 Å². The fourth-order valence-corrected chi connectivity index (χ4v) is 4.10. The lowest BCUT2D eigenvalue weighted by Crippen LogP contribution is -2.32. The first kappa shape index (κ1) is 21.2. The van der Waals surface area contributed by atoms with Crippen LogP contribution in [0.25, 0.3) is 0 Å². The summed E-state index contributed by atoms with van der Waals surface area (Å²) in [6, 6.07) is 15.1. The molecule has 0 radical (unpaired) electrons. The SMILES string of the molecule is Cc1ccc(CN2CCSCC2)cc1NC(=O)CCNC(=O)Nc1ccccc1. The second kappa shape index (κ2) is 10.9. The van der Waals surface area contributed by atoms with Gasteiger partial charge in [0, 0.05) is 55.5 Å². The molecule has 7 heteroatoms. The van der Waals surface area contributed by atoms with E-state index in [9.17, 15) is 9.59 Å². The minimum atomic E-state index is -0.318. The molecule has 1 fully saturated rings. The standard InChI is InChI=1S/C22H28N4O2S/c1-17-7-8-18(16-26-11-13-29-14-12-26)15-20(17)25-21(27)9-10-23-22(28)24-19-5-3-2-4-6-19/h2-8,15H,9-14,16H2,1H3,(H,25,27)(H2,23,24,28). The number of amides is 3. The third-order valence-electron chi connectivity index (χ3n) is 4.76. The normalized spacial score (nSPS) is 14.2. The number of rotatable bonds is 7. The number of anilines is 2. The molecule has 3 amide bonds. The monoisotopic (exact) mass is 412 g/mol. The van der Waals surface area contributed by atoms with Gasteiger partial charge >= 0.3 is 6.03 Å². The van der Waals surface area contributed by atoms with Crippen molar-refractivity contribution in [2.45, 2.75) is 19.9 Å². The molecule has 154 valence electrons. The molecule has 2 aromatic rings. The fraction of sp³-hybridized carbons (Fsp3) is 0.364. The lowest BCUT2D eigenvalue weighted by molar-refractivity contribution is -0.116. The molecular weight excluding hydrogens is 384 g/mol. The Kier molecular flexibility index (Phi) is 7.95. The van der Waals surface area contributed by atoms with E-state index >= 15 is 0 Å². The summed E-state index contributed by atoms with van der Waals surface area (Å²) in [7, 11) is 0. The van der Waals surface area contributed by atoms with Gasteiger partial charge in [0.2, 0.25) is 5.91 Å². The van der Waals surface area contributed by atoms with E-state index in [0.29, 0.717) is 5.69 Å². The largest absolute Gasteiger partial charge is 0.337 e. The lowest BCUT2D eigenvalue weighted by atomic mass is 10.1. The molecule has 2 aromatic carbocycles. The molecule has 0 atom stereocenters. The smallest absolute Gasteiger partial charge is 0.319 e. The van der Waals surface area contributed by atoms with Gasteiger partial charge < -0.3 is 16.0 Å². The number of hydrogen-bond donors (Lipinski definition) is 3. The number of aryl methyl sites for hydroxylation is 1. The number of nitrogens with one attached hydrogen (secondary N) is 3. The van der Waals surface area contributed by atoms with Crippen LogP contribution in [0.2, 0.25) is 0 Å². The van der Waals surface area contributed by atoms with Crippen LogP contribution in [0.4, 0.5) is 16.2 Å². The Labute approximate surface area is 176 Å². The third kappa shape index (κ3) is 7.11. The van der Waals surface area contributed by atoms with Gasteiger partial charge in [0.15, 0.2) is 0 Å². The van der Waals surface area contributed by atoms with Crippen LogP contribution in [0.3, 0.4) is 0 Å². The summed E-state index contributed by atoms with van der Waals surface area (Å²) in [4.78, 5) is 26.6. The van der Waals surface area contributed by atoms with Crippen LogP contribution in [-0.2, 0) is 11.3 Å². The minimum absolute atomic E-state index is 0.111. The second-order valence-electron chi connectivity index (χ2n) is 7.08. The van der Waals surface area contributed by atoms with Crippen LogP contribution >= 0.6 is 11.8 Å². The zero-order valence-electron chi connectivity index (χ0n) is 16.7. The summed E-state index contributed by atoms with van der Waals surface area (Å²) in [5.74, 6) is 2.25. The maximum atomic E-state index is 12.3. The molecule has 1 heterocycles. The van der Waals surface area contributed by atoms with Crippen LogP contribution < -0.4 is 16.0 Å². The van der Waals surface area contributed by atoms with E-state index in [1.807, 2.05) is 49.0 Å². The van der Waals surface area contributed by atoms with Crippen molar-refractivity contribution in [1.29, 1.82) is 0 Å². The van der Waals surface area contributed by atoms with E-state index in [0.717, 1.165) is 30.9 Å². The Balaban J connectivity index is 1.44. The predicted octanol–water partition coefficient (Wildman–Crippen LogP) is 3.69. The molecule has 0 aliphatic carbocycles. The fourth-order valence-electron chi connectivity index (χ4n) is 3.12. The average molecular weight is 413 g/mol. The van der Waals surface area contributed by atoms with Crippen molar-refractivity contribution in [3.05, 3.63) is 59.7 Å². The van der Waals surface area contributed by atoms with Crippen LogP contribution in [0, 0.1) is 6.92 Å². The van der Waals surface area contributed by atoms with Gasteiger partial charge in [0.1, 0.15) is 0 Å². The van der Waals surface area contributed by atoms with E-state index in [4.69, 9.17) is 0 Å². The molecular formula is C22H28N4O2S. The van der Waals surface area contributed by atoms with Crippen molar-refractivity contribution in [3.8, 4) is 0 Å². The quantitative estimate of drug-likeness (QED) is 0.648. The first-order chi connectivity index (χ1) is 14.1. The highest BCUT2D eigenvalue weighted by atomic mass is 32.2. The Morgan fingerprint density at radius 2 is 1.79 bits per heavy atom. The summed E-state index contributed by atoms with van der Waals surface area (Å²) < 4.78 is 0. The molecule has 3 rings (SSSR count). The minimum Gasteiger partial charge on any atom is -0.337 e. The zero-order chi connectivity index (χ0) is 20.5. The summed E-state index contributed by atoms with van der Waals surface area (Å²) in [5.41, 5.74) is 3.80. The Bertz CT molecular complexity index is 823. The molecule has 0 unspecified atom stereocenters. The Hall–Kier alpha value is -2.51. The molecule has 0 bridgehead atoms. The van der Waals surface area contributed by atoms with Crippen molar-refractivity contribution in [2.24, 2.45) is 0 Å². The Morgan fingerprint density at radius 3 is 2.55 bits per heavy atom. The molecule has 0 aromatic heterocycles. The summed E-state index contributed by atoms with van der Waals surface area (Å²) in [6.45, 7) is 5.38. The highest BCUT2D eigenvalue weighted by Gasteiger charge is 2.12. The first-order valence-electron chi connectivity index (χ1n) is 9.89. The van der Waals surface area contributed by atoms with Gasteiger partial charge in [-0.2, -0.15) is 11.8 Å². The van der Waals surface area contributed by atoms with Crippen molar-refractivity contribution < 1.29 is 9.59 Å². The number of thioether (sulfide) groups is 1. The number of benzene rings is 2. The van der Waals surface area contributed by atoms with E-state index in [2.05, 4.69) is 39.0 Å². The number of carbonyl (C=O) groups excluding carboxylic acids is 2. The van der Waals surface area contributed by atoms with Gasteiger partial charge in [-0.15, -0.1) is 0 Å². The molecule has 1 aliphatic rings. The molecule has 1 aliphatic heterocycles. The molecule has 3 N–H and O–H groups in total. The number of para-hydroxylation sites is 1. The first-order valence-corrected chi connectivity index (χ1v) is 11.0.